The lowest BCUT2D eigenvalue weighted by molar-refractivity contribution is 0.0773. The summed E-state index contributed by atoms with van der Waals surface area (Å²) in [6, 6.07) is 5.99. The number of benzene rings is 1. The minimum absolute atomic E-state index is 0.0814. The van der Waals surface area contributed by atoms with E-state index in [-0.39, 0.29) is 6.61 Å². The molecule has 1 aromatic rings. The van der Waals surface area contributed by atoms with E-state index in [1.807, 2.05) is 26.1 Å². The zero-order valence-corrected chi connectivity index (χ0v) is 10.6. The Morgan fingerprint density at radius 1 is 1.35 bits per heavy atom. The van der Waals surface area contributed by atoms with Gasteiger partial charge in [-0.15, -0.1) is 0 Å². The highest BCUT2D eigenvalue weighted by molar-refractivity contribution is 5.49. The van der Waals surface area contributed by atoms with Crippen molar-refractivity contribution in [1.29, 1.82) is 0 Å². The molecular formula is C13H22N2O2. The lowest BCUT2D eigenvalue weighted by Crippen LogP contribution is -2.23. The van der Waals surface area contributed by atoms with Crippen molar-refractivity contribution in [3.8, 4) is 0 Å². The third-order valence-electron chi connectivity index (χ3n) is 2.78. The molecule has 0 spiro atoms. The Morgan fingerprint density at radius 3 is 2.82 bits per heavy atom. The van der Waals surface area contributed by atoms with Crippen LogP contribution >= 0.6 is 0 Å². The van der Waals surface area contributed by atoms with Gasteiger partial charge in [0.15, 0.2) is 0 Å². The van der Waals surface area contributed by atoms with Crippen LogP contribution in [0.4, 0.5) is 5.69 Å². The number of nitrogen functional groups attached to an aromatic ring is 1. The van der Waals surface area contributed by atoms with Gasteiger partial charge in [-0.3, -0.25) is 4.90 Å². The van der Waals surface area contributed by atoms with Crippen LogP contribution in [0, 0.1) is 6.92 Å². The number of ether oxygens (including phenoxy) is 1. The zero-order chi connectivity index (χ0) is 12.7. The van der Waals surface area contributed by atoms with E-state index in [1.165, 1.54) is 5.56 Å². The molecule has 0 aromatic heterocycles. The second-order valence-electron chi connectivity index (χ2n) is 4.21. The minimum atomic E-state index is 0.0814. The lowest BCUT2D eigenvalue weighted by Gasteiger charge is -2.18. The van der Waals surface area contributed by atoms with Crippen LogP contribution in [-0.2, 0) is 11.3 Å². The Kier molecular flexibility index (Phi) is 5.97. The van der Waals surface area contributed by atoms with Crippen molar-refractivity contribution in [2.45, 2.75) is 13.5 Å². The number of hydrogen-bond donors (Lipinski definition) is 2. The topological polar surface area (TPSA) is 58.7 Å². The maximum absolute atomic E-state index is 8.58. The van der Waals surface area contributed by atoms with Crippen LogP contribution in [0.2, 0.25) is 0 Å². The number of nitrogens with two attached hydrogens (primary N) is 1. The number of aliphatic hydroxyl groups excluding tert-OH is 1. The summed E-state index contributed by atoms with van der Waals surface area (Å²) in [7, 11) is 2.05. The van der Waals surface area contributed by atoms with Crippen molar-refractivity contribution in [2.75, 3.05) is 39.1 Å². The van der Waals surface area contributed by atoms with E-state index in [9.17, 15) is 0 Å². The first-order chi connectivity index (χ1) is 8.15. The average Bonchev–Trinajstić information content (AvgIpc) is 2.31. The number of anilines is 1. The molecule has 1 aromatic carbocycles. The van der Waals surface area contributed by atoms with Crippen LogP contribution in [0.3, 0.4) is 0 Å². The summed E-state index contributed by atoms with van der Waals surface area (Å²) in [5, 5.41) is 8.58. The number of rotatable bonds is 7. The summed E-state index contributed by atoms with van der Waals surface area (Å²) in [6.07, 6.45) is 0. The van der Waals surface area contributed by atoms with Gasteiger partial charge >= 0.3 is 0 Å². The van der Waals surface area contributed by atoms with Crippen molar-refractivity contribution in [3.63, 3.8) is 0 Å². The van der Waals surface area contributed by atoms with E-state index < -0.39 is 0 Å². The van der Waals surface area contributed by atoms with Crippen molar-refractivity contribution in [2.24, 2.45) is 0 Å². The first-order valence-corrected chi connectivity index (χ1v) is 5.86. The molecule has 0 fully saturated rings. The summed E-state index contributed by atoms with van der Waals surface area (Å²) in [4.78, 5) is 2.18. The molecular weight excluding hydrogens is 216 g/mol. The first-order valence-electron chi connectivity index (χ1n) is 5.86. The van der Waals surface area contributed by atoms with Crippen LogP contribution in [0.1, 0.15) is 11.1 Å². The highest BCUT2D eigenvalue weighted by Crippen LogP contribution is 2.16. The SMILES string of the molecule is Cc1c(N)cccc1CN(C)CCOCCO. The molecule has 0 bridgehead atoms. The van der Waals surface area contributed by atoms with Gasteiger partial charge in [0.25, 0.3) is 0 Å². The van der Waals surface area contributed by atoms with Gasteiger partial charge in [-0.2, -0.15) is 0 Å². The van der Waals surface area contributed by atoms with Crippen molar-refractivity contribution < 1.29 is 9.84 Å². The smallest absolute Gasteiger partial charge is 0.0698 e. The van der Waals surface area contributed by atoms with E-state index >= 15 is 0 Å². The molecule has 0 heterocycles. The third kappa shape index (κ3) is 4.73. The molecule has 0 saturated heterocycles. The van der Waals surface area contributed by atoms with Gasteiger partial charge in [0.2, 0.25) is 0 Å². The van der Waals surface area contributed by atoms with Crippen LogP contribution in [0.25, 0.3) is 0 Å². The second kappa shape index (κ2) is 7.27. The second-order valence-corrected chi connectivity index (χ2v) is 4.21. The maximum atomic E-state index is 8.58. The number of aliphatic hydroxyl groups is 1. The molecule has 0 aliphatic heterocycles. The molecule has 96 valence electrons. The highest BCUT2D eigenvalue weighted by Gasteiger charge is 2.04. The maximum Gasteiger partial charge on any atom is 0.0698 e. The summed E-state index contributed by atoms with van der Waals surface area (Å²) in [5.41, 5.74) is 9.10. The summed E-state index contributed by atoms with van der Waals surface area (Å²) in [6.45, 7) is 4.87. The van der Waals surface area contributed by atoms with E-state index in [0.29, 0.717) is 13.2 Å². The molecule has 0 atom stereocenters. The van der Waals surface area contributed by atoms with E-state index in [4.69, 9.17) is 15.6 Å². The van der Waals surface area contributed by atoms with E-state index in [2.05, 4.69) is 11.0 Å². The van der Waals surface area contributed by atoms with Crippen molar-refractivity contribution in [3.05, 3.63) is 29.3 Å². The lowest BCUT2D eigenvalue weighted by atomic mass is 10.1. The molecule has 0 aliphatic carbocycles. The van der Waals surface area contributed by atoms with E-state index in [1.54, 1.807) is 0 Å². The molecule has 0 amide bonds. The first kappa shape index (κ1) is 14.0. The fourth-order valence-electron chi connectivity index (χ4n) is 1.63. The molecule has 0 unspecified atom stereocenters. The Morgan fingerprint density at radius 2 is 2.12 bits per heavy atom. The Labute approximate surface area is 103 Å². The predicted octanol–water partition coefficient (Wildman–Crippen LogP) is 1.02. The fourth-order valence-corrected chi connectivity index (χ4v) is 1.63. The standard InChI is InChI=1S/C13H22N2O2/c1-11-12(4-3-5-13(11)14)10-15(2)6-8-17-9-7-16/h3-5,16H,6-10,14H2,1-2H3. The molecule has 1 rings (SSSR count). The van der Waals surface area contributed by atoms with Gasteiger partial charge in [0, 0.05) is 18.8 Å². The molecule has 0 saturated carbocycles. The predicted molar refractivity (Wildman–Crippen MR) is 69.8 cm³/mol. The van der Waals surface area contributed by atoms with Crippen LogP contribution in [0.5, 0.6) is 0 Å². The average molecular weight is 238 g/mol. The molecule has 4 heteroatoms. The van der Waals surface area contributed by atoms with Crippen molar-refractivity contribution in [1.82, 2.24) is 4.90 Å². The molecule has 3 N–H and O–H groups in total. The largest absolute Gasteiger partial charge is 0.399 e. The van der Waals surface area contributed by atoms with Crippen LogP contribution < -0.4 is 5.73 Å². The summed E-state index contributed by atoms with van der Waals surface area (Å²) < 4.78 is 5.23. The Balaban J connectivity index is 2.39. The van der Waals surface area contributed by atoms with Crippen molar-refractivity contribution >= 4 is 5.69 Å². The van der Waals surface area contributed by atoms with Gasteiger partial charge in [-0.25, -0.2) is 0 Å². The molecule has 17 heavy (non-hydrogen) atoms. The monoisotopic (exact) mass is 238 g/mol. The molecule has 0 radical (unpaired) electrons. The van der Waals surface area contributed by atoms with Gasteiger partial charge in [-0.05, 0) is 31.2 Å². The van der Waals surface area contributed by atoms with Crippen LogP contribution in [-0.4, -0.2) is 43.4 Å². The Bertz CT molecular complexity index is 342. The fraction of sp³-hybridized carbons (Fsp3) is 0.538. The molecule has 4 nitrogen and oxygen atoms in total. The summed E-state index contributed by atoms with van der Waals surface area (Å²) in [5.74, 6) is 0. The van der Waals surface area contributed by atoms with Gasteiger partial charge < -0.3 is 15.6 Å². The van der Waals surface area contributed by atoms with E-state index in [0.717, 1.165) is 24.3 Å². The zero-order valence-electron chi connectivity index (χ0n) is 10.6. The van der Waals surface area contributed by atoms with Crippen LogP contribution in [0.15, 0.2) is 18.2 Å². The minimum Gasteiger partial charge on any atom is -0.399 e. The Hall–Kier alpha value is -1.10. The van der Waals surface area contributed by atoms with Gasteiger partial charge in [-0.1, -0.05) is 12.1 Å². The third-order valence-corrected chi connectivity index (χ3v) is 2.78. The number of hydrogen-bond acceptors (Lipinski definition) is 4. The highest BCUT2D eigenvalue weighted by atomic mass is 16.5. The molecule has 0 aliphatic rings. The van der Waals surface area contributed by atoms with Gasteiger partial charge in [0.05, 0.1) is 19.8 Å². The number of nitrogens with zero attached hydrogens (tertiary/aromatic N) is 1. The summed E-state index contributed by atoms with van der Waals surface area (Å²) >= 11 is 0. The number of likely N-dealkylation sites (N-methyl/N-ethyl adjacent to an activating group) is 1. The normalized spacial score (nSPS) is 11.1. The van der Waals surface area contributed by atoms with Gasteiger partial charge in [0.1, 0.15) is 0 Å². The quantitative estimate of drug-likeness (QED) is 0.550.